The summed E-state index contributed by atoms with van der Waals surface area (Å²) in [4.78, 5) is 16.8. The lowest BCUT2D eigenvalue weighted by molar-refractivity contribution is 0.102. The second-order valence-electron chi connectivity index (χ2n) is 4.75. The van der Waals surface area contributed by atoms with Crippen molar-refractivity contribution in [2.75, 3.05) is 17.2 Å². The molecule has 2 heterocycles. The molecule has 0 atom stereocenters. The van der Waals surface area contributed by atoms with E-state index in [1.807, 2.05) is 6.07 Å². The molecule has 1 amide bonds. The molecule has 0 spiro atoms. The summed E-state index contributed by atoms with van der Waals surface area (Å²) < 4.78 is 4.70. The molecule has 2 aromatic rings. The largest absolute Gasteiger partial charge is 0.370 e. The highest BCUT2D eigenvalue weighted by atomic mass is 16.5. The molecule has 0 aromatic carbocycles. The van der Waals surface area contributed by atoms with Gasteiger partial charge in [-0.25, -0.2) is 4.98 Å². The van der Waals surface area contributed by atoms with Crippen LogP contribution in [0.2, 0.25) is 0 Å². The average Bonchev–Trinajstić information content (AvgIpc) is 2.98. The van der Waals surface area contributed by atoms with E-state index in [0.717, 1.165) is 37.3 Å². The number of aryl methyl sites for hydroxylation is 1. The number of amides is 1. The van der Waals surface area contributed by atoms with Crippen LogP contribution in [-0.4, -0.2) is 22.6 Å². The number of pyridine rings is 1. The average molecular weight is 288 g/mol. The normalized spacial score (nSPS) is 10.4. The van der Waals surface area contributed by atoms with Gasteiger partial charge in [0.2, 0.25) is 0 Å². The molecule has 0 bridgehead atoms. The lowest BCUT2D eigenvalue weighted by atomic mass is 10.1. The summed E-state index contributed by atoms with van der Waals surface area (Å²) in [6.45, 7) is 5.00. The van der Waals surface area contributed by atoms with Crippen LogP contribution in [0.1, 0.15) is 42.7 Å². The van der Waals surface area contributed by atoms with E-state index in [1.54, 1.807) is 12.1 Å². The Labute approximate surface area is 123 Å². The van der Waals surface area contributed by atoms with E-state index < -0.39 is 0 Å². The van der Waals surface area contributed by atoms with Crippen LogP contribution in [0.4, 0.5) is 11.6 Å². The van der Waals surface area contributed by atoms with E-state index >= 15 is 0 Å². The zero-order chi connectivity index (χ0) is 15.1. The number of rotatable bonds is 7. The topological polar surface area (TPSA) is 80.0 Å². The van der Waals surface area contributed by atoms with Gasteiger partial charge in [0.05, 0.1) is 0 Å². The van der Waals surface area contributed by atoms with Crippen molar-refractivity contribution in [2.45, 2.75) is 33.1 Å². The van der Waals surface area contributed by atoms with Crippen LogP contribution in [0.15, 0.2) is 29.0 Å². The molecular weight excluding hydrogens is 268 g/mol. The summed E-state index contributed by atoms with van der Waals surface area (Å²) in [5.74, 6) is 0.910. The van der Waals surface area contributed by atoms with Gasteiger partial charge in [-0.2, -0.15) is 0 Å². The van der Waals surface area contributed by atoms with Crippen molar-refractivity contribution in [1.29, 1.82) is 0 Å². The van der Waals surface area contributed by atoms with Gasteiger partial charge in [-0.05, 0) is 25.0 Å². The third-order valence-electron chi connectivity index (χ3n) is 2.88. The number of anilines is 2. The second-order valence-corrected chi connectivity index (χ2v) is 4.75. The molecule has 0 radical (unpaired) electrons. The summed E-state index contributed by atoms with van der Waals surface area (Å²) in [7, 11) is 0. The van der Waals surface area contributed by atoms with E-state index in [9.17, 15) is 4.79 Å². The molecule has 112 valence electrons. The summed E-state index contributed by atoms with van der Waals surface area (Å²) >= 11 is 0. The molecule has 2 aromatic heterocycles. The first kappa shape index (κ1) is 15.0. The number of hydrogen-bond donors (Lipinski definition) is 2. The predicted molar refractivity (Wildman–Crippen MR) is 81.5 cm³/mol. The zero-order valence-electron chi connectivity index (χ0n) is 12.3. The SMILES string of the molecule is CCCNc1cc(C(=O)Nc2ccon2)cc(CCC)n1. The molecule has 0 aliphatic carbocycles. The maximum atomic E-state index is 12.2. The molecule has 6 heteroatoms. The number of hydrogen-bond acceptors (Lipinski definition) is 5. The first-order chi connectivity index (χ1) is 10.2. The molecule has 0 saturated heterocycles. The lowest BCUT2D eigenvalue weighted by Gasteiger charge is -2.09. The highest BCUT2D eigenvalue weighted by molar-refractivity contribution is 6.04. The molecule has 0 saturated carbocycles. The standard InChI is InChI=1S/C15H20N4O2/c1-3-5-12-9-11(10-14(17-12)16-7-4-2)15(20)18-13-6-8-21-19-13/h6,8-10H,3-5,7H2,1-2H3,(H,16,17)(H,18,19,20). The minimum Gasteiger partial charge on any atom is -0.370 e. The highest BCUT2D eigenvalue weighted by Gasteiger charge is 2.11. The van der Waals surface area contributed by atoms with Crippen molar-refractivity contribution in [2.24, 2.45) is 0 Å². The highest BCUT2D eigenvalue weighted by Crippen LogP contribution is 2.14. The Bertz CT molecular complexity index is 581. The summed E-state index contributed by atoms with van der Waals surface area (Å²) in [5, 5.41) is 9.59. The van der Waals surface area contributed by atoms with E-state index in [4.69, 9.17) is 4.52 Å². The van der Waals surface area contributed by atoms with E-state index in [-0.39, 0.29) is 5.91 Å². The molecule has 0 aliphatic rings. The number of nitrogens with zero attached hydrogens (tertiary/aromatic N) is 2. The monoisotopic (exact) mass is 288 g/mol. The van der Waals surface area contributed by atoms with Crippen molar-refractivity contribution in [3.8, 4) is 0 Å². The maximum Gasteiger partial charge on any atom is 0.257 e. The minimum atomic E-state index is -0.219. The van der Waals surface area contributed by atoms with E-state index in [0.29, 0.717) is 11.4 Å². The fourth-order valence-electron chi connectivity index (χ4n) is 1.91. The number of carbonyl (C=O) groups is 1. The van der Waals surface area contributed by atoms with Gasteiger partial charge in [0.15, 0.2) is 5.82 Å². The fraction of sp³-hybridized carbons (Fsp3) is 0.400. The van der Waals surface area contributed by atoms with Gasteiger partial charge in [0.1, 0.15) is 12.1 Å². The Hall–Kier alpha value is -2.37. The van der Waals surface area contributed by atoms with Gasteiger partial charge in [-0.1, -0.05) is 25.4 Å². The molecular formula is C15H20N4O2. The third kappa shape index (κ3) is 4.30. The molecule has 2 N–H and O–H groups in total. The Balaban J connectivity index is 2.19. The van der Waals surface area contributed by atoms with Crippen LogP contribution in [-0.2, 0) is 6.42 Å². The first-order valence-electron chi connectivity index (χ1n) is 7.19. The minimum absolute atomic E-state index is 0.219. The van der Waals surface area contributed by atoms with E-state index in [1.165, 1.54) is 6.26 Å². The number of carbonyl (C=O) groups excluding carboxylic acids is 1. The Kier molecular flexibility index (Phi) is 5.31. The van der Waals surface area contributed by atoms with Crippen molar-refractivity contribution in [3.05, 3.63) is 35.7 Å². The van der Waals surface area contributed by atoms with Crippen LogP contribution in [0.3, 0.4) is 0 Å². The molecule has 0 unspecified atom stereocenters. The first-order valence-corrected chi connectivity index (χ1v) is 7.19. The summed E-state index contributed by atoms with van der Waals surface area (Å²) in [6.07, 6.45) is 4.24. The lowest BCUT2D eigenvalue weighted by Crippen LogP contribution is -2.14. The molecule has 2 rings (SSSR count). The molecule has 0 fully saturated rings. The van der Waals surface area contributed by atoms with Crippen LogP contribution >= 0.6 is 0 Å². The Morgan fingerprint density at radius 1 is 1.24 bits per heavy atom. The molecule has 6 nitrogen and oxygen atoms in total. The van der Waals surface area contributed by atoms with Crippen LogP contribution < -0.4 is 10.6 Å². The van der Waals surface area contributed by atoms with Crippen LogP contribution in [0, 0.1) is 0 Å². The molecule has 0 aliphatic heterocycles. The van der Waals surface area contributed by atoms with Gasteiger partial charge in [0, 0.05) is 23.9 Å². The van der Waals surface area contributed by atoms with Gasteiger partial charge in [-0.15, -0.1) is 0 Å². The fourth-order valence-corrected chi connectivity index (χ4v) is 1.91. The predicted octanol–water partition coefficient (Wildman–Crippen LogP) is 3.10. The number of nitrogens with one attached hydrogen (secondary N) is 2. The van der Waals surface area contributed by atoms with E-state index in [2.05, 4.69) is 34.6 Å². The van der Waals surface area contributed by atoms with Gasteiger partial charge in [-0.3, -0.25) is 4.79 Å². The Morgan fingerprint density at radius 2 is 2.10 bits per heavy atom. The smallest absolute Gasteiger partial charge is 0.257 e. The zero-order valence-corrected chi connectivity index (χ0v) is 12.3. The van der Waals surface area contributed by atoms with Crippen molar-refractivity contribution in [1.82, 2.24) is 10.1 Å². The number of aromatic nitrogens is 2. The van der Waals surface area contributed by atoms with Crippen molar-refractivity contribution >= 4 is 17.5 Å². The van der Waals surface area contributed by atoms with Gasteiger partial charge in [0.25, 0.3) is 5.91 Å². The maximum absolute atomic E-state index is 12.2. The van der Waals surface area contributed by atoms with Crippen LogP contribution in [0.25, 0.3) is 0 Å². The van der Waals surface area contributed by atoms with Crippen molar-refractivity contribution < 1.29 is 9.32 Å². The molecule has 21 heavy (non-hydrogen) atoms. The quantitative estimate of drug-likeness (QED) is 0.818. The van der Waals surface area contributed by atoms with Crippen LogP contribution in [0.5, 0.6) is 0 Å². The van der Waals surface area contributed by atoms with Gasteiger partial charge >= 0.3 is 0 Å². The van der Waals surface area contributed by atoms with Crippen molar-refractivity contribution in [3.63, 3.8) is 0 Å². The third-order valence-corrected chi connectivity index (χ3v) is 2.88. The summed E-state index contributed by atoms with van der Waals surface area (Å²) in [5.41, 5.74) is 1.47. The summed E-state index contributed by atoms with van der Waals surface area (Å²) in [6, 6.07) is 5.17. The second kappa shape index (κ2) is 7.42. The van der Waals surface area contributed by atoms with Gasteiger partial charge < -0.3 is 15.2 Å². The Morgan fingerprint density at radius 3 is 2.76 bits per heavy atom.